The fraction of sp³-hybridized carbons (Fsp3) is 0.100. The molecule has 152 valence electrons. The minimum Gasteiger partial charge on any atom is -0.346 e. The monoisotopic (exact) mass is 442 g/mol. The molecule has 0 aliphatic carbocycles. The van der Waals surface area contributed by atoms with Crippen molar-refractivity contribution in [2.45, 2.75) is 18.7 Å². The fourth-order valence-electron chi connectivity index (χ4n) is 2.90. The lowest BCUT2D eigenvalue weighted by Gasteiger charge is -2.13. The van der Waals surface area contributed by atoms with Gasteiger partial charge >= 0.3 is 0 Å². The van der Waals surface area contributed by atoms with Crippen LogP contribution in [-0.4, -0.2) is 34.1 Å². The van der Waals surface area contributed by atoms with Gasteiger partial charge in [0.1, 0.15) is 23.4 Å². The average molecular weight is 443 g/mol. The number of benzene rings is 1. The van der Waals surface area contributed by atoms with Crippen LogP contribution in [0.25, 0.3) is 11.0 Å². The van der Waals surface area contributed by atoms with Crippen LogP contribution in [-0.2, 0) is 10.0 Å². The zero-order valence-electron chi connectivity index (χ0n) is 16.9. The standard InChI is InChI=1S/C20H16ClN5O3S/c1-11-7-16(26-30(28,29)13-3-4-15(21)12(2)8-13)18(23-9-11)19(27)17-14-5-6-22-20(14)25-10-24-17/h3-10,26H,1-2H3,(H,22,24,25)/i3D. The number of hydrogen-bond acceptors (Lipinski definition) is 6. The molecule has 3 heterocycles. The molecule has 0 aliphatic heterocycles. The van der Waals surface area contributed by atoms with E-state index in [1.54, 1.807) is 26.1 Å². The number of hydrogen-bond donors (Lipinski definition) is 2. The van der Waals surface area contributed by atoms with Crippen LogP contribution < -0.4 is 4.72 Å². The number of ketones is 1. The van der Waals surface area contributed by atoms with Crippen LogP contribution in [0.3, 0.4) is 0 Å². The number of pyridine rings is 1. The number of rotatable bonds is 5. The van der Waals surface area contributed by atoms with Crippen LogP contribution in [0.4, 0.5) is 5.69 Å². The zero-order chi connectivity index (χ0) is 22.3. The highest BCUT2D eigenvalue weighted by Gasteiger charge is 2.24. The van der Waals surface area contributed by atoms with Crippen LogP contribution in [0.15, 0.2) is 53.9 Å². The number of aromatic nitrogens is 4. The van der Waals surface area contributed by atoms with Gasteiger partial charge < -0.3 is 4.98 Å². The summed E-state index contributed by atoms with van der Waals surface area (Å²) < 4.78 is 36.5. The molecule has 2 N–H and O–H groups in total. The Balaban J connectivity index is 1.80. The van der Waals surface area contributed by atoms with E-state index >= 15 is 0 Å². The third kappa shape index (κ3) is 3.64. The molecule has 10 heteroatoms. The molecule has 1 aromatic carbocycles. The summed E-state index contributed by atoms with van der Waals surface area (Å²) in [6.07, 6.45) is 4.33. The molecule has 0 fully saturated rings. The molecule has 0 amide bonds. The van der Waals surface area contributed by atoms with Crippen molar-refractivity contribution in [2.24, 2.45) is 0 Å². The maximum atomic E-state index is 13.2. The third-order valence-electron chi connectivity index (χ3n) is 4.41. The van der Waals surface area contributed by atoms with Crippen molar-refractivity contribution in [1.82, 2.24) is 19.9 Å². The first-order valence-corrected chi connectivity index (χ1v) is 10.6. The lowest BCUT2D eigenvalue weighted by Crippen LogP contribution is -2.18. The molecule has 0 spiro atoms. The second-order valence-corrected chi connectivity index (χ2v) is 8.69. The molecular weight excluding hydrogens is 426 g/mol. The van der Waals surface area contributed by atoms with Crippen LogP contribution in [0, 0.1) is 13.8 Å². The normalized spacial score (nSPS) is 12.0. The highest BCUT2D eigenvalue weighted by Crippen LogP contribution is 2.26. The molecule has 4 rings (SSSR count). The van der Waals surface area contributed by atoms with E-state index in [9.17, 15) is 13.2 Å². The number of aromatic amines is 1. The Morgan fingerprint density at radius 2 is 1.97 bits per heavy atom. The molecule has 0 saturated heterocycles. The number of nitrogens with one attached hydrogen (secondary N) is 2. The number of H-pyrrole nitrogens is 1. The maximum Gasteiger partial charge on any atom is 0.261 e. The number of nitrogens with zero attached hydrogens (tertiary/aromatic N) is 3. The summed E-state index contributed by atoms with van der Waals surface area (Å²) in [7, 11) is -4.20. The molecule has 0 saturated carbocycles. The largest absolute Gasteiger partial charge is 0.346 e. The van der Waals surface area contributed by atoms with Crippen molar-refractivity contribution >= 4 is 44.1 Å². The van der Waals surface area contributed by atoms with Gasteiger partial charge in [0.05, 0.1) is 12.0 Å². The number of carbonyl (C=O) groups is 1. The first-order valence-electron chi connectivity index (χ1n) is 9.26. The molecular formula is C20H16ClN5O3S. The van der Waals surface area contributed by atoms with Crippen molar-refractivity contribution in [3.05, 3.63) is 76.6 Å². The Kier molecular flexibility index (Phi) is 4.68. The van der Waals surface area contributed by atoms with Gasteiger partial charge in [0.25, 0.3) is 10.0 Å². The van der Waals surface area contributed by atoms with Crippen molar-refractivity contribution in [2.75, 3.05) is 4.72 Å². The predicted octanol–water partition coefficient (Wildman–Crippen LogP) is 3.65. The van der Waals surface area contributed by atoms with Gasteiger partial charge in [-0.3, -0.25) is 14.5 Å². The number of sulfonamides is 1. The molecule has 8 nitrogen and oxygen atoms in total. The van der Waals surface area contributed by atoms with Gasteiger partial charge in [0, 0.05) is 22.8 Å². The molecule has 30 heavy (non-hydrogen) atoms. The summed E-state index contributed by atoms with van der Waals surface area (Å²) in [6, 6.07) is 5.46. The molecule has 4 aromatic rings. The number of halogens is 1. The summed E-state index contributed by atoms with van der Waals surface area (Å²) in [5, 5.41) is 0.779. The van der Waals surface area contributed by atoms with E-state index in [1.807, 2.05) is 0 Å². The SMILES string of the molecule is [2H]c1cc(Cl)c(C)cc1S(=O)(=O)Nc1cc(C)cnc1C(=O)c1ncnc2[nH]ccc12. The van der Waals surface area contributed by atoms with Gasteiger partial charge in [-0.15, -0.1) is 0 Å². The summed E-state index contributed by atoms with van der Waals surface area (Å²) in [5.74, 6) is -0.567. The molecule has 0 unspecified atom stereocenters. The Bertz CT molecular complexity index is 1450. The van der Waals surface area contributed by atoms with Crippen LogP contribution in [0.1, 0.15) is 28.7 Å². The number of carbonyl (C=O) groups excluding carboxylic acids is 1. The summed E-state index contributed by atoms with van der Waals surface area (Å²) in [6.45, 7) is 3.36. The first-order chi connectivity index (χ1) is 14.7. The molecule has 0 radical (unpaired) electrons. The van der Waals surface area contributed by atoms with E-state index in [0.29, 0.717) is 22.2 Å². The first kappa shape index (κ1) is 18.7. The van der Waals surface area contributed by atoms with Gasteiger partial charge in [-0.2, -0.15) is 0 Å². The highest BCUT2D eigenvalue weighted by molar-refractivity contribution is 7.92. The lowest BCUT2D eigenvalue weighted by molar-refractivity contribution is 0.103. The molecule has 0 bridgehead atoms. The van der Waals surface area contributed by atoms with Gasteiger partial charge in [-0.1, -0.05) is 11.6 Å². The number of anilines is 1. The molecule has 3 aromatic heterocycles. The van der Waals surface area contributed by atoms with Gasteiger partial charge in [0.2, 0.25) is 5.78 Å². The quantitative estimate of drug-likeness (QED) is 0.455. The Labute approximate surface area is 178 Å². The van der Waals surface area contributed by atoms with Gasteiger partial charge in [-0.05, 0) is 55.3 Å². The van der Waals surface area contributed by atoms with E-state index in [-0.39, 0.29) is 33.0 Å². The minimum atomic E-state index is -4.20. The fourth-order valence-corrected chi connectivity index (χ4v) is 4.11. The van der Waals surface area contributed by atoms with Crippen molar-refractivity contribution < 1.29 is 14.6 Å². The summed E-state index contributed by atoms with van der Waals surface area (Å²) in [5.41, 5.74) is 1.58. The Hall–Kier alpha value is -3.30. The Morgan fingerprint density at radius 1 is 1.17 bits per heavy atom. The van der Waals surface area contributed by atoms with Crippen LogP contribution >= 0.6 is 11.6 Å². The van der Waals surface area contributed by atoms with Crippen LogP contribution in [0.5, 0.6) is 0 Å². The van der Waals surface area contributed by atoms with Crippen molar-refractivity contribution in [3.8, 4) is 0 Å². The number of aryl methyl sites for hydroxylation is 2. The van der Waals surface area contributed by atoms with Gasteiger partial charge in [-0.25, -0.2) is 18.4 Å². The minimum absolute atomic E-state index is 0.0145. The summed E-state index contributed by atoms with van der Waals surface area (Å²) >= 11 is 5.99. The van der Waals surface area contributed by atoms with E-state index in [2.05, 4.69) is 24.7 Å². The van der Waals surface area contributed by atoms with E-state index in [4.69, 9.17) is 13.0 Å². The van der Waals surface area contributed by atoms with Crippen molar-refractivity contribution in [3.63, 3.8) is 0 Å². The topological polar surface area (TPSA) is 118 Å². The smallest absolute Gasteiger partial charge is 0.261 e. The van der Waals surface area contributed by atoms with E-state index < -0.39 is 15.8 Å². The predicted molar refractivity (Wildman–Crippen MR) is 113 cm³/mol. The number of fused-ring (bicyclic) bond motifs is 1. The molecule has 0 aliphatic rings. The van der Waals surface area contributed by atoms with Gasteiger partial charge in [0.15, 0.2) is 0 Å². The van der Waals surface area contributed by atoms with E-state index in [0.717, 1.165) is 0 Å². The zero-order valence-corrected chi connectivity index (χ0v) is 17.5. The lowest BCUT2D eigenvalue weighted by atomic mass is 10.1. The second kappa shape index (κ2) is 7.51. The highest BCUT2D eigenvalue weighted by atomic mass is 35.5. The van der Waals surface area contributed by atoms with E-state index in [1.165, 1.54) is 30.7 Å². The second-order valence-electron chi connectivity index (χ2n) is 6.63. The van der Waals surface area contributed by atoms with Crippen LogP contribution in [0.2, 0.25) is 5.02 Å². The average Bonchev–Trinajstić information content (AvgIpc) is 3.19. The molecule has 0 atom stereocenters. The van der Waals surface area contributed by atoms with Crippen molar-refractivity contribution in [1.29, 1.82) is 0 Å². The Morgan fingerprint density at radius 3 is 2.77 bits per heavy atom. The summed E-state index contributed by atoms with van der Waals surface area (Å²) in [4.78, 5) is 28.1. The maximum absolute atomic E-state index is 13.2. The third-order valence-corrected chi connectivity index (χ3v) is 6.12.